The Kier molecular flexibility index (Phi) is 3.57. The standard InChI is InChI=1S/C13H17BrN2O3/c1-12(2,3)19-11(17)16-7-13(18,8-16)9-4-5-10(14)15-6-9/h4-6,18H,7-8H2,1-3H3. The van der Waals surface area contributed by atoms with Crippen molar-refractivity contribution >= 4 is 22.0 Å². The van der Waals surface area contributed by atoms with Gasteiger partial charge in [0.25, 0.3) is 0 Å². The zero-order chi connectivity index (χ0) is 14.3. The van der Waals surface area contributed by atoms with Crippen LogP contribution in [0.1, 0.15) is 26.3 Å². The number of hydrogen-bond donors (Lipinski definition) is 1. The summed E-state index contributed by atoms with van der Waals surface area (Å²) in [7, 11) is 0. The maximum absolute atomic E-state index is 11.8. The number of nitrogens with zero attached hydrogens (tertiary/aromatic N) is 2. The van der Waals surface area contributed by atoms with Gasteiger partial charge in [-0.3, -0.25) is 0 Å². The summed E-state index contributed by atoms with van der Waals surface area (Å²) in [5.41, 5.74) is -0.843. The Bertz CT molecular complexity index is 476. The number of likely N-dealkylation sites (tertiary alicyclic amines) is 1. The quantitative estimate of drug-likeness (QED) is 0.803. The first-order chi connectivity index (χ1) is 8.70. The smallest absolute Gasteiger partial charge is 0.410 e. The molecule has 2 heterocycles. The maximum atomic E-state index is 11.8. The van der Waals surface area contributed by atoms with E-state index in [0.717, 1.165) is 0 Å². The predicted octanol–water partition coefficient (Wildman–Crippen LogP) is 2.28. The van der Waals surface area contributed by atoms with E-state index in [1.807, 2.05) is 20.8 Å². The van der Waals surface area contributed by atoms with Gasteiger partial charge in [0.2, 0.25) is 0 Å². The topological polar surface area (TPSA) is 62.7 Å². The van der Waals surface area contributed by atoms with E-state index in [0.29, 0.717) is 10.2 Å². The van der Waals surface area contributed by atoms with Gasteiger partial charge < -0.3 is 14.7 Å². The fourth-order valence-corrected chi connectivity index (χ4v) is 2.11. The zero-order valence-corrected chi connectivity index (χ0v) is 12.8. The molecule has 0 radical (unpaired) electrons. The number of β-amino-alcohol motifs (C(OH)–C–C–N with tert-alkyl or cyclic N) is 1. The first-order valence-corrected chi connectivity index (χ1v) is 6.81. The molecule has 0 bridgehead atoms. The Labute approximate surface area is 120 Å². The van der Waals surface area contributed by atoms with Crippen molar-refractivity contribution in [2.75, 3.05) is 13.1 Å². The highest BCUT2D eigenvalue weighted by atomic mass is 79.9. The largest absolute Gasteiger partial charge is 0.444 e. The molecule has 104 valence electrons. The number of hydrogen-bond acceptors (Lipinski definition) is 4. The Hall–Kier alpha value is -1.14. The Morgan fingerprint density at radius 2 is 2.11 bits per heavy atom. The third-order valence-electron chi connectivity index (χ3n) is 2.82. The molecule has 0 aromatic carbocycles. The molecule has 0 saturated carbocycles. The van der Waals surface area contributed by atoms with E-state index in [9.17, 15) is 9.90 Å². The predicted molar refractivity (Wildman–Crippen MR) is 73.6 cm³/mol. The molecule has 2 rings (SSSR count). The summed E-state index contributed by atoms with van der Waals surface area (Å²) >= 11 is 3.24. The van der Waals surface area contributed by atoms with Gasteiger partial charge in [-0.2, -0.15) is 0 Å². The molecule has 6 heteroatoms. The van der Waals surface area contributed by atoms with Gasteiger partial charge >= 0.3 is 6.09 Å². The van der Waals surface area contributed by atoms with Crippen molar-refractivity contribution in [1.29, 1.82) is 0 Å². The molecule has 1 aromatic heterocycles. The molecule has 0 atom stereocenters. The fraction of sp³-hybridized carbons (Fsp3) is 0.538. The maximum Gasteiger partial charge on any atom is 0.410 e. The van der Waals surface area contributed by atoms with Gasteiger partial charge in [-0.05, 0) is 42.8 Å². The molecule has 1 N–H and O–H groups in total. The van der Waals surface area contributed by atoms with Crippen LogP contribution in [0.15, 0.2) is 22.9 Å². The van der Waals surface area contributed by atoms with Crippen molar-refractivity contribution in [2.45, 2.75) is 32.0 Å². The van der Waals surface area contributed by atoms with Crippen LogP contribution in [0.25, 0.3) is 0 Å². The Balaban J connectivity index is 1.98. The lowest BCUT2D eigenvalue weighted by atomic mass is 9.87. The van der Waals surface area contributed by atoms with E-state index >= 15 is 0 Å². The van der Waals surface area contributed by atoms with Crippen LogP contribution in [-0.4, -0.2) is 39.8 Å². The second kappa shape index (κ2) is 4.76. The normalized spacial score (nSPS) is 17.8. The number of rotatable bonds is 1. The Morgan fingerprint density at radius 1 is 1.47 bits per heavy atom. The molecule has 0 spiro atoms. The molecule has 1 aromatic rings. The van der Waals surface area contributed by atoms with Crippen LogP contribution in [0, 0.1) is 0 Å². The van der Waals surface area contributed by atoms with Crippen molar-refractivity contribution in [3.63, 3.8) is 0 Å². The van der Waals surface area contributed by atoms with Gasteiger partial charge in [-0.1, -0.05) is 6.07 Å². The van der Waals surface area contributed by atoms with Crippen molar-refractivity contribution in [1.82, 2.24) is 9.88 Å². The van der Waals surface area contributed by atoms with Gasteiger partial charge in [0.1, 0.15) is 15.8 Å². The summed E-state index contributed by atoms with van der Waals surface area (Å²) in [5, 5.41) is 10.4. The van der Waals surface area contributed by atoms with E-state index in [4.69, 9.17) is 4.74 Å². The minimum Gasteiger partial charge on any atom is -0.444 e. The molecule has 1 saturated heterocycles. The van der Waals surface area contributed by atoms with Crippen molar-refractivity contribution in [3.8, 4) is 0 Å². The summed E-state index contributed by atoms with van der Waals surface area (Å²) in [5.74, 6) is 0. The molecular weight excluding hydrogens is 312 g/mol. The first kappa shape index (κ1) is 14.3. The number of amides is 1. The number of ether oxygens (including phenoxy) is 1. The molecule has 1 fully saturated rings. The number of pyridine rings is 1. The Morgan fingerprint density at radius 3 is 2.58 bits per heavy atom. The van der Waals surface area contributed by atoms with Crippen LogP contribution in [0.4, 0.5) is 4.79 Å². The average Bonchev–Trinajstić information content (AvgIpc) is 2.23. The monoisotopic (exact) mass is 328 g/mol. The third kappa shape index (κ3) is 3.25. The third-order valence-corrected chi connectivity index (χ3v) is 3.29. The highest BCUT2D eigenvalue weighted by Crippen LogP contribution is 2.32. The zero-order valence-electron chi connectivity index (χ0n) is 11.2. The van der Waals surface area contributed by atoms with E-state index in [-0.39, 0.29) is 13.1 Å². The summed E-state index contributed by atoms with van der Waals surface area (Å²) in [4.78, 5) is 17.3. The molecule has 19 heavy (non-hydrogen) atoms. The number of carbonyl (C=O) groups excluding carboxylic acids is 1. The highest BCUT2D eigenvalue weighted by molar-refractivity contribution is 9.10. The molecule has 0 unspecified atom stereocenters. The van der Waals surface area contributed by atoms with E-state index in [2.05, 4.69) is 20.9 Å². The van der Waals surface area contributed by atoms with Gasteiger partial charge in [0.05, 0.1) is 13.1 Å². The minimum absolute atomic E-state index is 0.227. The van der Waals surface area contributed by atoms with Crippen molar-refractivity contribution in [2.24, 2.45) is 0 Å². The van der Waals surface area contributed by atoms with E-state index < -0.39 is 17.3 Å². The first-order valence-electron chi connectivity index (χ1n) is 6.02. The number of aliphatic hydroxyl groups is 1. The highest BCUT2D eigenvalue weighted by Gasteiger charge is 2.46. The van der Waals surface area contributed by atoms with Crippen molar-refractivity contribution < 1.29 is 14.6 Å². The molecule has 5 nitrogen and oxygen atoms in total. The second-order valence-corrected chi connectivity index (χ2v) is 6.55. The molecule has 1 aliphatic rings. The molecule has 0 aliphatic carbocycles. The van der Waals surface area contributed by atoms with Crippen LogP contribution < -0.4 is 0 Å². The lowest BCUT2D eigenvalue weighted by Crippen LogP contribution is -2.61. The lowest BCUT2D eigenvalue weighted by molar-refractivity contribution is -0.103. The fourth-order valence-electron chi connectivity index (χ4n) is 1.87. The van der Waals surface area contributed by atoms with Gasteiger partial charge in [-0.15, -0.1) is 0 Å². The van der Waals surface area contributed by atoms with Gasteiger partial charge in [-0.25, -0.2) is 9.78 Å². The van der Waals surface area contributed by atoms with Crippen molar-refractivity contribution in [3.05, 3.63) is 28.5 Å². The number of aromatic nitrogens is 1. The van der Waals surface area contributed by atoms with E-state index in [1.54, 1.807) is 18.3 Å². The molecule has 1 aliphatic heterocycles. The molecule has 1 amide bonds. The summed E-state index contributed by atoms with van der Waals surface area (Å²) < 4.78 is 5.95. The number of carbonyl (C=O) groups is 1. The lowest BCUT2D eigenvalue weighted by Gasteiger charge is -2.46. The van der Waals surface area contributed by atoms with Gasteiger partial charge in [0.15, 0.2) is 0 Å². The minimum atomic E-state index is -1.02. The second-order valence-electron chi connectivity index (χ2n) is 5.74. The van der Waals surface area contributed by atoms with E-state index in [1.165, 1.54) is 4.90 Å². The number of halogens is 1. The van der Waals surface area contributed by atoms with Crippen LogP contribution in [0.3, 0.4) is 0 Å². The van der Waals surface area contributed by atoms with Gasteiger partial charge in [0, 0.05) is 11.8 Å². The summed E-state index contributed by atoms with van der Waals surface area (Å²) in [6.07, 6.45) is 1.21. The molecular formula is C13H17BrN2O3. The van der Waals surface area contributed by atoms with Crippen LogP contribution >= 0.6 is 15.9 Å². The van der Waals surface area contributed by atoms with Crippen LogP contribution in [0.5, 0.6) is 0 Å². The average molecular weight is 329 g/mol. The SMILES string of the molecule is CC(C)(C)OC(=O)N1CC(O)(c2ccc(Br)nc2)C1. The summed E-state index contributed by atoms with van der Waals surface area (Å²) in [6.45, 7) is 5.90. The van der Waals surface area contributed by atoms with Crippen LogP contribution in [0.2, 0.25) is 0 Å². The summed E-state index contributed by atoms with van der Waals surface area (Å²) in [6, 6.07) is 3.56. The van der Waals surface area contributed by atoms with Crippen LogP contribution in [-0.2, 0) is 10.3 Å².